The Labute approximate surface area is 107 Å². The molecule has 0 bridgehead atoms. The molecule has 1 aromatic rings. The van der Waals surface area contributed by atoms with E-state index in [1.165, 1.54) is 23.8 Å². The van der Waals surface area contributed by atoms with Crippen LogP contribution in [0.5, 0.6) is 0 Å². The third-order valence-electron chi connectivity index (χ3n) is 2.54. The molecule has 0 saturated carbocycles. The van der Waals surface area contributed by atoms with E-state index in [0.717, 1.165) is 12.0 Å². The number of hydrogen-bond acceptors (Lipinski definition) is 0. The average Bonchev–Trinajstić information content (AvgIpc) is 2.56. The molecule has 1 aliphatic carbocycles. The van der Waals surface area contributed by atoms with E-state index in [0.29, 0.717) is 6.42 Å². The first kappa shape index (κ1) is 14.4. The monoisotopic (exact) mass is 248 g/mol. The van der Waals surface area contributed by atoms with Crippen LogP contribution in [-0.4, -0.2) is 0 Å². The van der Waals surface area contributed by atoms with Crippen LogP contribution in [0.1, 0.15) is 25.8 Å². The second kappa shape index (κ2) is 7.59. The van der Waals surface area contributed by atoms with Crippen LogP contribution < -0.4 is 0 Å². The van der Waals surface area contributed by atoms with Crippen molar-refractivity contribution in [3.8, 4) is 0 Å². The normalized spacial score (nSPS) is 14.0. The van der Waals surface area contributed by atoms with Crippen molar-refractivity contribution < 1.29 is 8.78 Å². The van der Waals surface area contributed by atoms with E-state index in [2.05, 4.69) is 0 Å². The zero-order valence-electron chi connectivity index (χ0n) is 10.8. The highest BCUT2D eigenvalue weighted by Crippen LogP contribution is 2.10. The maximum atomic E-state index is 12.4. The lowest BCUT2D eigenvalue weighted by atomic mass is 10.2. The molecule has 0 N–H and O–H groups in total. The molecule has 0 nitrogen and oxygen atoms in total. The minimum atomic E-state index is -0.160. The van der Waals surface area contributed by atoms with E-state index in [1.54, 1.807) is 18.2 Å². The summed E-state index contributed by atoms with van der Waals surface area (Å²) < 4.78 is 24.6. The van der Waals surface area contributed by atoms with Crippen LogP contribution in [0, 0.1) is 5.82 Å². The van der Waals surface area contributed by atoms with Gasteiger partial charge in [0.25, 0.3) is 0 Å². The molecule has 0 aromatic heterocycles. The largest absolute Gasteiger partial charge is 0.211 e. The van der Waals surface area contributed by atoms with Gasteiger partial charge in [-0.2, -0.15) is 0 Å². The number of benzene rings is 1. The quantitative estimate of drug-likeness (QED) is 0.646. The highest BCUT2D eigenvalue weighted by Gasteiger charge is 1.92. The van der Waals surface area contributed by atoms with E-state index in [-0.39, 0.29) is 11.6 Å². The van der Waals surface area contributed by atoms with Crippen LogP contribution in [0.2, 0.25) is 0 Å². The van der Waals surface area contributed by atoms with Crippen molar-refractivity contribution in [3.63, 3.8) is 0 Å². The summed E-state index contributed by atoms with van der Waals surface area (Å²) in [5, 5.41) is 0. The highest BCUT2D eigenvalue weighted by molar-refractivity contribution is 5.27. The SMILES string of the molecule is CC1=CC=C(F)CC=C1.CCc1ccc(F)cc1. The van der Waals surface area contributed by atoms with Crippen molar-refractivity contribution in [2.45, 2.75) is 26.7 Å². The molecule has 0 fully saturated rings. The third-order valence-corrected chi connectivity index (χ3v) is 2.54. The lowest BCUT2D eigenvalue weighted by Gasteiger charge is -1.92. The van der Waals surface area contributed by atoms with Crippen molar-refractivity contribution in [3.05, 3.63) is 71.4 Å². The van der Waals surface area contributed by atoms with Gasteiger partial charge in [-0.3, -0.25) is 0 Å². The van der Waals surface area contributed by atoms with Gasteiger partial charge in [0.2, 0.25) is 0 Å². The molecule has 0 saturated heterocycles. The molecule has 2 rings (SSSR count). The van der Waals surface area contributed by atoms with Gasteiger partial charge in [0.1, 0.15) is 11.6 Å². The number of rotatable bonds is 1. The second-order valence-electron chi connectivity index (χ2n) is 4.11. The zero-order valence-corrected chi connectivity index (χ0v) is 10.8. The molecule has 18 heavy (non-hydrogen) atoms. The molecule has 0 unspecified atom stereocenters. The van der Waals surface area contributed by atoms with E-state index in [9.17, 15) is 8.78 Å². The lowest BCUT2D eigenvalue weighted by molar-refractivity contribution is 0.618. The van der Waals surface area contributed by atoms with Gasteiger partial charge in [-0.05, 0) is 37.1 Å². The van der Waals surface area contributed by atoms with Crippen molar-refractivity contribution in [1.82, 2.24) is 0 Å². The van der Waals surface area contributed by atoms with Crippen molar-refractivity contribution >= 4 is 0 Å². The van der Waals surface area contributed by atoms with Crippen LogP contribution in [-0.2, 0) is 6.42 Å². The Morgan fingerprint density at radius 2 is 1.72 bits per heavy atom. The minimum absolute atomic E-state index is 0.0666. The summed E-state index contributed by atoms with van der Waals surface area (Å²) >= 11 is 0. The van der Waals surface area contributed by atoms with Gasteiger partial charge in [0, 0.05) is 6.42 Å². The Hall–Kier alpha value is -1.70. The zero-order chi connectivity index (χ0) is 13.4. The van der Waals surface area contributed by atoms with Gasteiger partial charge in [-0.25, -0.2) is 8.78 Å². The number of aryl methyl sites for hydroxylation is 1. The van der Waals surface area contributed by atoms with Gasteiger partial charge in [0.15, 0.2) is 0 Å². The smallest absolute Gasteiger partial charge is 0.123 e. The van der Waals surface area contributed by atoms with E-state index < -0.39 is 0 Å². The Bertz CT molecular complexity index is 450. The fraction of sp³-hybridized carbons (Fsp3) is 0.250. The van der Waals surface area contributed by atoms with E-state index in [4.69, 9.17) is 0 Å². The van der Waals surface area contributed by atoms with Crippen molar-refractivity contribution in [2.75, 3.05) is 0 Å². The molecule has 0 aliphatic heterocycles. The standard InChI is InChI=1S/2C8H9F/c1-7-3-2-4-8(9)6-5-7;1-2-7-3-5-8(9)6-4-7/h2-3,5-6H,4H2,1H3;3-6H,2H2,1H3. The van der Waals surface area contributed by atoms with Gasteiger partial charge in [0.05, 0.1) is 0 Å². The topological polar surface area (TPSA) is 0 Å². The first-order valence-electron chi connectivity index (χ1n) is 6.05. The van der Waals surface area contributed by atoms with Crippen LogP contribution in [0.25, 0.3) is 0 Å². The number of hydrogen-bond donors (Lipinski definition) is 0. The molecule has 0 radical (unpaired) electrons. The first-order chi connectivity index (χ1) is 8.61. The van der Waals surface area contributed by atoms with Crippen molar-refractivity contribution in [1.29, 1.82) is 0 Å². The number of allylic oxidation sites excluding steroid dienone is 6. The predicted octanol–water partition coefficient (Wildman–Crippen LogP) is 5.13. The van der Waals surface area contributed by atoms with E-state index in [1.807, 2.05) is 26.0 Å². The summed E-state index contributed by atoms with van der Waals surface area (Å²) in [5.41, 5.74) is 2.28. The van der Waals surface area contributed by atoms with Gasteiger partial charge >= 0.3 is 0 Å². The molecule has 0 heterocycles. The van der Waals surface area contributed by atoms with Gasteiger partial charge < -0.3 is 0 Å². The summed E-state index contributed by atoms with van der Waals surface area (Å²) in [6, 6.07) is 6.57. The third kappa shape index (κ3) is 5.58. The summed E-state index contributed by atoms with van der Waals surface area (Å²) in [7, 11) is 0. The van der Waals surface area contributed by atoms with Crippen LogP contribution in [0.4, 0.5) is 8.78 Å². The average molecular weight is 248 g/mol. The first-order valence-corrected chi connectivity index (χ1v) is 6.05. The molecular weight excluding hydrogens is 230 g/mol. The van der Waals surface area contributed by atoms with Crippen LogP contribution in [0.15, 0.2) is 60.0 Å². The summed E-state index contributed by atoms with van der Waals surface area (Å²) in [5.74, 6) is -0.227. The Morgan fingerprint density at radius 1 is 1.06 bits per heavy atom. The molecule has 96 valence electrons. The molecule has 2 heteroatoms. The van der Waals surface area contributed by atoms with Crippen LogP contribution >= 0.6 is 0 Å². The molecule has 1 aromatic carbocycles. The lowest BCUT2D eigenvalue weighted by Crippen LogP contribution is -1.78. The molecule has 0 amide bonds. The van der Waals surface area contributed by atoms with Gasteiger partial charge in [-0.1, -0.05) is 42.9 Å². The predicted molar refractivity (Wildman–Crippen MR) is 72.5 cm³/mol. The van der Waals surface area contributed by atoms with Crippen molar-refractivity contribution in [2.24, 2.45) is 0 Å². The maximum absolute atomic E-state index is 12.4. The maximum Gasteiger partial charge on any atom is 0.123 e. The second-order valence-corrected chi connectivity index (χ2v) is 4.11. The Balaban J connectivity index is 0.000000180. The van der Waals surface area contributed by atoms with E-state index >= 15 is 0 Å². The minimum Gasteiger partial charge on any atom is -0.211 e. The summed E-state index contributed by atoms with van der Waals surface area (Å²) in [6.07, 6.45) is 8.44. The summed E-state index contributed by atoms with van der Waals surface area (Å²) in [6.45, 7) is 4.00. The highest BCUT2D eigenvalue weighted by atomic mass is 19.1. The number of halogens is 2. The Morgan fingerprint density at radius 3 is 2.33 bits per heavy atom. The molecule has 0 atom stereocenters. The molecule has 0 spiro atoms. The fourth-order valence-electron chi connectivity index (χ4n) is 1.42. The van der Waals surface area contributed by atoms with Gasteiger partial charge in [-0.15, -0.1) is 0 Å². The summed E-state index contributed by atoms with van der Waals surface area (Å²) in [4.78, 5) is 0. The molecular formula is C16H18F2. The molecule has 1 aliphatic rings. The Kier molecular flexibility index (Phi) is 6.06. The van der Waals surface area contributed by atoms with Crippen LogP contribution in [0.3, 0.4) is 0 Å². The fourth-order valence-corrected chi connectivity index (χ4v) is 1.42.